The van der Waals surface area contributed by atoms with Gasteiger partial charge in [-0.3, -0.25) is 4.99 Å². The van der Waals surface area contributed by atoms with Gasteiger partial charge in [-0.25, -0.2) is 0 Å². The van der Waals surface area contributed by atoms with E-state index in [9.17, 15) is 0 Å². The normalized spacial score (nSPS) is 17.6. The van der Waals surface area contributed by atoms with Crippen molar-refractivity contribution in [2.75, 3.05) is 47.6 Å². The van der Waals surface area contributed by atoms with Gasteiger partial charge in [0.1, 0.15) is 5.75 Å². The smallest absolute Gasteiger partial charge is 0.191 e. The molecule has 1 aromatic carbocycles. The summed E-state index contributed by atoms with van der Waals surface area (Å²) in [6, 6.07) is 8.28. The maximum absolute atomic E-state index is 5.76. The molecule has 2 N–H and O–H groups in total. The van der Waals surface area contributed by atoms with Crippen LogP contribution in [0.5, 0.6) is 5.75 Å². The Kier molecular flexibility index (Phi) is 11.0. The van der Waals surface area contributed by atoms with Crippen LogP contribution in [0.15, 0.2) is 29.3 Å². The quantitative estimate of drug-likeness (QED) is 0.333. The number of aliphatic imine (C=N–C) groups is 1. The fourth-order valence-corrected chi connectivity index (χ4v) is 3.17. The zero-order valence-electron chi connectivity index (χ0n) is 16.9. The van der Waals surface area contributed by atoms with Crippen molar-refractivity contribution in [3.63, 3.8) is 0 Å². The van der Waals surface area contributed by atoms with E-state index in [1.807, 2.05) is 12.1 Å². The highest BCUT2D eigenvalue weighted by molar-refractivity contribution is 14.0. The van der Waals surface area contributed by atoms with E-state index >= 15 is 0 Å². The summed E-state index contributed by atoms with van der Waals surface area (Å²) in [5.74, 6) is 2.17. The molecule has 1 aromatic rings. The lowest BCUT2D eigenvalue weighted by atomic mass is 9.94. The fraction of sp³-hybridized carbons (Fsp3) is 0.650. The first-order valence-electron chi connectivity index (χ1n) is 9.34. The first kappa shape index (κ1) is 24.0. The van der Waals surface area contributed by atoms with Crippen LogP contribution in [-0.2, 0) is 9.47 Å². The first-order valence-corrected chi connectivity index (χ1v) is 9.34. The predicted molar refractivity (Wildman–Crippen MR) is 121 cm³/mol. The summed E-state index contributed by atoms with van der Waals surface area (Å²) in [6.45, 7) is 5.33. The van der Waals surface area contributed by atoms with Crippen LogP contribution < -0.4 is 15.4 Å². The third-order valence-electron chi connectivity index (χ3n) is 5.19. The fourth-order valence-electron chi connectivity index (χ4n) is 3.17. The molecular formula is C20H34IN3O3. The molecule has 1 saturated heterocycles. The lowest BCUT2D eigenvalue weighted by molar-refractivity contribution is -0.0855. The van der Waals surface area contributed by atoms with Crippen LogP contribution >= 0.6 is 24.0 Å². The second-order valence-electron chi connectivity index (χ2n) is 6.81. The SMILES string of the molecule is CN=C(NCCC(C)c1ccc(OC)cc1)NCC1(OC)CCOCC1.I. The number of nitrogens with zero attached hydrogens (tertiary/aromatic N) is 1. The Balaban J connectivity index is 0.00000364. The topological polar surface area (TPSA) is 64.1 Å². The molecule has 154 valence electrons. The second-order valence-corrected chi connectivity index (χ2v) is 6.81. The average molecular weight is 491 g/mol. The zero-order valence-corrected chi connectivity index (χ0v) is 19.2. The number of nitrogens with one attached hydrogen (secondary N) is 2. The van der Waals surface area contributed by atoms with Crippen molar-refractivity contribution < 1.29 is 14.2 Å². The maximum Gasteiger partial charge on any atom is 0.191 e. The van der Waals surface area contributed by atoms with Crippen molar-refractivity contribution in [3.05, 3.63) is 29.8 Å². The standard InChI is InChI=1S/C20H33N3O3.HI/c1-16(17-5-7-18(24-3)8-6-17)9-12-22-19(21-2)23-15-20(25-4)10-13-26-14-11-20;/h5-8,16H,9-15H2,1-4H3,(H2,21,22,23);1H. The summed E-state index contributed by atoms with van der Waals surface area (Å²) in [5, 5.41) is 6.80. The third-order valence-corrected chi connectivity index (χ3v) is 5.19. The Morgan fingerprint density at radius 3 is 2.41 bits per heavy atom. The van der Waals surface area contributed by atoms with Gasteiger partial charge < -0.3 is 24.8 Å². The van der Waals surface area contributed by atoms with E-state index < -0.39 is 0 Å². The predicted octanol–water partition coefficient (Wildman–Crippen LogP) is 3.17. The largest absolute Gasteiger partial charge is 0.497 e. The lowest BCUT2D eigenvalue weighted by Crippen LogP contribution is -2.50. The van der Waals surface area contributed by atoms with E-state index in [0.717, 1.165) is 57.3 Å². The molecule has 1 aliphatic rings. The summed E-state index contributed by atoms with van der Waals surface area (Å²) in [7, 11) is 5.26. The summed E-state index contributed by atoms with van der Waals surface area (Å²) in [5.41, 5.74) is 1.16. The highest BCUT2D eigenvalue weighted by Crippen LogP contribution is 2.23. The maximum atomic E-state index is 5.76. The van der Waals surface area contributed by atoms with Gasteiger partial charge in [0.05, 0.1) is 12.7 Å². The van der Waals surface area contributed by atoms with E-state index in [0.29, 0.717) is 5.92 Å². The van der Waals surface area contributed by atoms with Gasteiger partial charge in [-0.15, -0.1) is 24.0 Å². The van der Waals surface area contributed by atoms with E-state index in [1.54, 1.807) is 21.3 Å². The van der Waals surface area contributed by atoms with E-state index in [2.05, 4.69) is 34.7 Å². The lowest BCUT2D eigenvalue weighted by Gasteiger charge is -2.36. The minimum atomic E-state index is -0.160. The van der Waals surface area contributed by atoms with E-state index in [1.165, 1.54) is 5.56 Å². The first-order chi connectivity index (χ1) is 12.6. The van der Waals surface area contributed by atoms with Gasteiger partial charge in [-0.1, -0.05) is 19.1 Å². The second kappa shape index (κ2) is 12.4. The third kappa shape index (κ3) is 7.46. The Hall–Kier alpha value is -1.06. The van der Waals surface area contributed by atoms with Crippen LogP contribution in [-0.4, -0.2) is 59.1 Å². The highest BCUT2D eigenvalue weighted by Gasteiger charge is 2.32. The molecule has 1 unspecified atom stereocenters. The van der Waals surface area contributed by atoms with Gasteiger partial charge in [0.2, 0.25) is 0 Å². The molecule has 1 heterocycles. The van der Waals surface area contributed by atoms with Crippen molar-refractivity contribution >= 4 is 29.9 Å². The van der Waals surface area contributed by atoms with Gasteiger partial charge >= 0.3 is 0 Å². The number of guanidine groups is 1. The Bertz CT molecular complexity index is 560. The summed E-state index contributed by atoms with van der Waals surface area (Å²) >= 11 is 0. The number of halogens is 1. The van der Waals surface area contributed by atoms with Crippen LogP contribution in [0.25, 0.3) is 0 Å². The average Bonchev–Trinajstić information content (AvgIpc) is 2.71. The Morgan fingerprint density at radius 2 is 1.85 bits per heavy atom. The van der Waals surface area contributed by atoms with Gasteiger partial charge in [-0.05, 0) is 30.0 Å². The van der Waals surface area contributed by atoms with E-state index in [-0.39, 0.29) is 29.6 Å². The number of methoxy groups -OCH3 is 2. The Morgan fingerprint density at radius 1 is 1.19 bits per heavy atom. The van der Waals surface area contributed by atoms with Crippen molar-refractivity contribution in [2.45, 2.75) is 37.7 Å². The van der Waals surface area contributed by atoms with E-state index in [4.69, 9.17) is 14.2 Å². The van der Waals surface area contributed by atoms with Crippen molar-refractivity contribution in [1.29, 1.82) is 0 Å². The number of ether oxygens (including phenoxy) is 3. The summed E-state index contributed by atoms with van der Waals surface area (Å²) < 4.78 is 16.4. The number of hydrogen-bond acceptors (Lipinski definition) is 4. The van der Waals surface area contributed by atoms with Crippen molar-refractivity contribution in [1.82, 2.24) is 10.6 Å². The summed E-state index contributed by atoms with van der Waals surface area (Å²) in [4.78, 5) is 4.32. The van der Waals surface area contributed by atoms with Crippen LogP contribution in [0.1, 0.15) is 37.7 Å². The van der Waals surface area contributed by atoms with Crippen LogP contribution in [0.2, 0.25) is 0 Å². The molecule has 1 aliphatic heterocycles. The van der Waals surface area contributed by atoms with Gasteiger partial charge in [0.25, 0.3) is 0 Å². The zero-order chi connectivity index (χ0) is 18.8. The molecule has 0 aliphatic carbocycles. The van der Waals surface area contributed by atoms with Gasteiger partial charge in [-0.2, -0.15) is 0 Å². The van der Waals surface area contributed by atoms with Gasteiger partial charge in [0.15, 0.2) is 5.96 Å². The summed E-state index contributed by atoms with van der Waals surface area (Å²) in [6.07, 6.45) is 2.83. The van der Waals surface area contributed by atoms with Gasteiger partial charge in [0, 0.05) is 53.3 Å². The number of benzene rings is 1. The number of hydrogen-bond donors (Lipinski definition) is 2. The molecular weight excluding hydrogens is 457 g/mol. The highest BCUT2D eigenvalue weighted by atomic mass is 127. The Labute approximate surface area is 180 Å². The minimum absolute atomic E-state index is 0. The molecule has 27 heavy (non-hydrogen) atoms. The molecule has 0 aromatic heterocycles. The van der Waals surface area contributed by atoms with Crippen LogP contribution in [0, 0.1) is 0 Å². The molecule has 0 saturated carbocycles. The van der Waals surface area contributed by atoms with Crippen LogP contribution in [0.4, 0.5) is 0 Å². The molecule has 6 nitrogen and oxygen atoms in total. The molecule has 2 rings (SSSR count). The molecule has 0 radical (unpaired) electrons. The monoisotopic (exact) mass is 491 g/mol. The van der Waals surface area contributed by atoms with Crippen LogP contribution in [0.3, 0.4) is 0 Å². The molecule has 0 amide bonds. The number of rotatable bonds is 8. The van der Waals surface area contributed by atoms with Crippen molar-refractivity contribution in [3.8, 4) is 5.75 Å². The molecule has 1 atom stereocenters. The molecule has 0 bridgehead atoms. The van der Waals surface area contributed by atoms with Crippen molar-refractivity contribution in [2.24, 2.45) is 4.99 Å². The molecule has 1 fully saturated rings. The minimum Gasteiger partial charge on any atom is -0.497 e. The molecule has 7 heteroatoms. The molecule has 0 spiro atoms.